The van der Waals surface area contributed by atoms with Crippen molar-refractivity contribution in [3.8, 4) is 0 Å². The van der Waals surface area contributed by atoms with E-state index in [1.165, 1.54) is 12.1 Å². The fourth-order valence-corrected chi connectivity index (χ4v) is 3.54. The van der Waals surface area contributed by atoms with Gasteiger partial charge in [0, 0.05) is 33.4 Å². The van der Waals surface area contributed by atoms with Crippen molar-refractivity contribution in [1.82, 2.24) is 5.32 Å². The standard InChI is InChI=1S/C14H14BrF2NS/c1-2-18-13(8-14-11(15)5-6-19-14)10-4-3-9(16)7-12(10)17/h3-7,13,18H,2,8H2,1H3. The van der Waals surface area contributed by atoms with Gasteiger partial charge in [-0.2, -0.15) is 0 Å². The number of nitrogens with one attached hydrogen (secondary N) is 1. The number of likely N-dealkylation sites (N-methyl/N-ethyl adjacent to an activating group) is 1. The Kier molecular flexibility index (Phi) is 5.07. The SMILES string of the molecule is CCNC(Cc1sccc1Br)c1ccc(F)cc1F. The highest BCUT2D eigenvalue weighted by molar-refractivity contribution is 9.10. The molecule has 1 atom stereocenters. The summed E-state index contributed by atoms with van der Waals surface area (Å²) in [6.45, 7) is 2.70. The third-order valence-electron chi connectivity index (χ3n) is 2.87. The molecule has 0 spiro atoms. The molecule has 0 aliphatic rings. The van der Waals surface area contributed by atoms with Gasteiger partial charge in [-0.3, -0.25) is 0 Å². The zero-order valence-electron chi connectivity index (χ0n) is 10.4. The predicted octanol–water partition coefficient (Wildman–Crippen LogP) is 4.68. The highest BCUT2D eigenvalue weighted by Crippen LogP contribution is 2.29. The molecule has 1 aromatic heterocycles. The first-order chi connectivity index (χ1) is 9.11. The lowest BCUT2D eigenvalue weighted by Gasteiger charge is -2.18. The van der Waals surface area contributed by atoms with Gasteiger partial charge >= 0.3 is 0 Å². The van der Waals surface area contributed by atoms with E-state index in [1.54, 1.807) is 11.3 Å². The number of thiophene rings is 1. The Morgan fingerprint density at radius 1 is 1.32 bits per heavy atom. The maximum atomic E-state index is 13.9. The molecule has 0 bridgehead atoms. The van der Waals surface area contributed by atoms with Crippen LogP contribution in [-0.4, -0.2) is 6.54 Å². The summed E-state index contributed by atoms with van der Waals surface area (Å²) in [6, 6.07) is 5.57. The highest BCUT2D eigenvalue weighted by Gasteiger charge is 2.17. The molecule has 1 heterocycles. The van der Waals surface area contributed by atoms with Gasteiger partial charge in [-0.1, -0.05) is 13.0 Å². The van der Waals surface area contributed by atoms with Crippen molar-refractivity contribution in [1.29, 1.82) is 0 Å². The second-order valence-electron chi connectivity index (χ2n) is 4.17. The van der Waals surface area contributed by atoms with E-state index in [9.17, 15) is 8.78 Å². The molecular formula is C14H14BrF2NS. The Morgan fingerprint density at radius 2 is 2.11 bits per heavy atom. The zero-order valence-corrected chi connectivity index (χ0v) is 12.8. The summed E-state index contributed by atoms with van der Waals surface area (Å²) in [7, 11) is 0. The van der Waals surface area contributed by atoms with Crippen molar-refractivity contribution < 1.29 is 8.78 Å². The molecule has 102 valence electrons. The minimum absolute atomic E-state index is 0.152. The summed E-state index contributed by atoms with van der Waals surface area (Å²) in [5, 5.41) is 5.24. The average molecular weight is 346 g/mol. The first-order valence-corrected chi connectivity index (χ1v) is 7.69. The predicted molar refractivity (Wildman–Crippen MR) is 78.5 cm³/mol. The largest absolute Gasteiger partial charge is 0.310 e. The molecule has 0 fully saturated rings. The van der Waals surface area contributed by atoms with Crippen LogP contribution >= 0.6 is 27.3 Å². The lowest BCUT2D eigenvalue weighted by atomic mass is 10.0. The van der Waals surface area contributed by atoms with Crippen LogP contribution in [0.25, 0.3) is 0 Å². The van der Waals surface area contributed by atoms with Crippen LogP contribution < -0.4 is 5.32 Å². The molecule has 1 aromatic carbocycles. The van der Waals surface area contributed by atoms with Crippen molar-refractivity contribution >= 4 is 27.3 Å². The van der Waals surface area contributed by atoms with Gasteiger partial charge in [-0.05, 0) is 40.0 Å². The van der Waals surface area contributed by atoms with Crippen molar-refractivity contribution in [2.24, 2.45) is 0 Å². The Hall–Kier alpha value is -0.780. The van der Waals surface area contributed by atoms with E-state index < -0.39 is 11.6 Å². The Morgan fingerprint density at radius 3 is 2.68 bits per heavy atom. The average Bonchev–Trinajstić information content (AvgIpc) is 2.75. The van der Waals surface area contributed by atoms with Gasteiger partial charge in [0.15, 0.2) is 0 Å². The van der Waals surface area contributed by atoms with Gasteiger partial charge in [-0.15, -0.1) is 11.3 Å². The number of rotatable bonds is 5. The highest BCUT2D eigenvalue weighted by atomic mass is 79.9. The van der Waals surface area contributed by atoms with E-state index >= 15 is 0 Å². The van der Waals surface area contributed by atoms with E-state index in [0.717, 1.165) is 22.0 Å². The van der Waals surface area contributed by atoms with Gasteiger partial charge in [-0.25, -0.2) is 8.78 Å². The maximum absolute atomic E-state index is 13.9. The molecule has 0 saturated heterocycles. The minimum atomic E-state index is -0.547. The number of hydrogen-bond acceptors (Lipinski definition) is 2. The molecular weight excluding hydrogens is 332 g/mol. The number of hydrogen-bond donors (Lipinski definition) is 1. The van der Waals surface area contributed by atoms with E-state index in [0.29, 0.717) is 12.0 Å². The van der Waals surface area contributed by atoms with Crippen LogP contribution in [0, 0.1) is 11.6 Å². The summed E-state index contributed by atoms with van der Waals surface area (Å²) >= 11 is 5.10. The molecule has 0 saturated carbocycles. The molecule has 0 radical (unpaired) electrons. The van der Waals surface area contributed by atoms with Crippen molar-refractivity contribution in [3.63, 3.8) is 0 Å². The Labute approximate surface area is 123 Å². The van der Waals surface area contributed by atoms with E-state index in [4.69, 9.17) is 0 Å². The summed E-state index contributed by atoms with van der Waals surface area (Å²) in [4.78, 5) is 1.15. The first kappa shape index (κ1) is 14.6. The van der Waals surface area contributed by atoms with Crippen LogP contribution in [0.4, 0.5) is 8.78 Å². The fraction of sp³-hybridized carbons (Fsp3) is 0.286. The van der Waals surface area contributed by atoms with E-state index in [-0.39, 0.29) is 6.04 Å². The van der Waals surface area contributed by atoms with E-state index in [1.807, 2.05) is 18.4 Å². The van der Waals surface area contributed by atoms with Gasteiger partial charge in [0.05, 0.1) is 0 Å². The van der Waals surface area contributed by atoms with Crippen LogP contribution in [0.15, 0.2) is 34.1 Å². The van der Waals surface area contributed by atoms with Crippen LogP contribution in [0.2, 0.25) is 0 Å². The summed E-state index contributed by atoms with van der Waals surface area (Å²) in [5.41, 5.74) is 0.503. The van der Waals surface area contributed by atoms with Gasteiger partial charge < -0.3 is 5.32 Å². The van der Waals surface area contributed by atoms with Crippen LogP contribution in [0.5, 0.6) is 0 Å². The molecule has 1 unspecified atom stereocenters. The summed E-state index contributed by atoms with van der Waals surface area (Å²) < 4.78 is 27.9. The number of halogens is 3. The monoisotopic (exact) mass is 345 g/mol. The topological polar surface area (TPSA) is 12.0 Å². The van der Waals surface area contributed by atoms with Crippen LogP contribution in [0.3, 0.4) is 0 Å². The quantitative estimate of drug-likeness (QED) is 0.829. The molecule has 0 aliphatic carbocycles. The Balaban J connectivity index is 2.27. The minimum Gasteiger partial charge on any atom is -0.310 e. The summed E-state index contributed by atoms with van der Waals surface area (Å²) in [6.07, 6.45) is 0.675. The number of benzene rings is 1. The molecule has 1 N–H and O–H groups in total. The fourth-order valence-electron chi connectivity index (χ4n) is 1.98. The second-order valence-corrected chi connectivity index (χ2v) is 6.03. The van der Waals surface area contributed by atoms with Crippen LogP contribution in [0.1, 0.15) is 23.4 Å². The van der Waals surface area contributed by atoms with Crippen molar-refractivity contribution in [2.75, 3.05) is 6.54 Å². The smallest absolute Gasteiger partial charge is 0.130 e. The lowest BCUT2D eigenvalue weighted by Crippen LogP contribution is -2.23. The van der Waals surface area contributed by atoms with Gasteiger partial charge in [0.25, 0.3) is 0 Å². The molecule has 1 nitrogen and oxygen atoms in total. The van der Waals surface area contributed by atoms with Gasteiger partial charge in [0.2, 0.25) is 0 Å². The van der Waals surface area contributed by atoms with Crippen molar-refractivity contribution in [2.45, 2.75) is 19.4 Å². The third kappa shape index (κ3) is 3.61. The first-order valence-electron chi connectivity index (χ1n) is 6.02. The molecule has 2 rings (SSSR count). The molecule has 0 aliphatic heterocycles. The van der Waals surface area contributed by atoms with Crippen molar-refractivity contribution in [3.05, 3.63) is 56.2 Å². The molecule has 19 heavy (non-hydrogen) atoms. The van der Waals surface area contributed by atoms with Gasteiger partial charge in [0.1, 0.15) is 11.6 Å². The molecule has 5 heteroatoms. The third-order valence-corrected chi connectivity index (χ3v) is 4.82. The lowest BCUT2D eigenvalue weighted by molar-refractivity contribution is 0.504. The molecule has 0 amide bonds. The normalized spacial score (nSPS) is 12.6. The zero-order chi connectivity index (χ0) is 13.8. The van der Waals surface area contributed by atoms with E-state index in [2.05, 4.69) is 21.2 Å². The summed E-state index contributed by atoms with van der Waals surface area (Å²) in [5.74, 6) is -1.05. The second kappa shape index (κ2) is 6.59. The van der Waals surface area contributed by atoms with Crippen LogP contribution in [-0.2, 0) is 6.42 Å². The maximum Gasteiger partial charge on any atom is 0.130 e. The molecule has 2 aromatic rings. The Bertz CT molecular complexity index is 556.